The van der Waals surface area contributed by atoms with Gasteiger partial charge in [-0.15, -0.1) is 0 Å². The number of amides is 1. The van der Waals surface area contributed by atoms with Gasteiger partial charge < -0.3 is 20.3 Å². The van der Waals surface area contributed by atoms with Gasteiger partial charge in [0.25, 0.3) is 0 Å². The number of esters is 1. The maximum absolute atomic E-state index is 13.2. The van der Waals surface area contributed by atoms with E-state index in [-0.39, 0.29) is 24.9 Å². The number of hydrogen-bond donors (Lipinski definition) is 3. The summed E-state index contributed by atoms with van der Waals surface area (Å²) >= 11 is 0. The Hall–Kier alpha value is -2.44. The Morgan fingerprint density at radius 2 is 0.871 bits per heavy atom. The molecule has 0 aromatic rings. The second-order valence-corrected chi connectivity index (χ2v) is 17.9. The molecule has 0 heterocycles. The molecule has 0 aromatic carbocycles. The molecule has 0 radical (unpaired) electrons. The highest BCUT2D eigenvalue weighted by atomic mass is 16.5. The van der Waals surface area contributed by atoms with Crippen molar-refractivity contribution < 1.29 is 24.5 Å². The van der Waals surface area contributed by atoms with Crippen molar-refractivity contribution in [1.29, 1.82) is 0 Å². The average molecular weight is 868 g/mol. The van der Waals surface area contributed by atoms with Crippen molar-refractivity contribution >= 4 is 11.9 Å². The van der Waals surface area contributed by atoms with Crippen molar-refractivity contribution in [3.63, 3.8) is 0 Å². The van der Waals surface area contributed by atoms with Crippen LogP contribution in [-0.2, 0) is 14.3 Å². The number of hydrogen-bond acceptors (Lipinski definition) is 5. The maximum atomic E-state index is 13.2. The number of aliphatic hydroxyl groups excluding tert-OH is 2. The molecule has 0 aromatic heterocycles. The van der Waals surface area contributed by atoms with Gasteiger partial charge in [0.1, 0.15) is 6.10 Å². The first-order valence-corrected chi connectivity index (χ1v) is 26.5. The van der Waals surface area contributed by atoms with E-state index in [4.69, 9.17) is 4.74 Å². The van der Waals surface area contributed by atoms with Crippen molar-refractivity contribution in [2.24, 2.45) is 0 Å². The molecule has 3 N–H and O–H groups in total. The van der Waals surface area contributed by atoms with Crippen LogP contribution in [-0.4, -0.2) is 46.9 Å². The number of carbonyl (C=O) groups excluding carboxylic acids is 2. The third kappa shape index (κ3) is 44.2. The third-order valence-corrected chi connectivity index (χ3v) is 11.8. The van der Waals surface area contributed by atoms with Gasteiger partial charge in [-0.05, 0) is 89.9 Å². The fraction of sp³-hybridized carbons (Fsp3) is 0.786. The highest BCUT2D eigenvalue weighted by Gasteiger charge is 2.24. The summed E-state index contributed by atoms with van der Waals surface area (Å²) in [6.45, 7) is 6.34. The Bertz CT molecular complexity index is 1110. The molecule has 0 aliphatic heterocycles. The van der Waals surface area contributed by atoms with E-state index in [1.165, 1.54) is 109 Å². The molecular weight excluding hydrogens is 767 g/mol. The molecule has 0 fully saturated rings. The van der Waals surface area contributed by atoms with Crippen LogP contribution >= 0.6 is 0 Å². The molecule has 6 nitrogen and oxygen atoms in total. The van der Waals surface area contributed by atoms with Crippen LogP contribution < -0.4 is 5.32 Å². The lowest BCUT2D eigenvalue weighted by Crippen LogP contribution is -2.46. The molecule has 0 bridgehead atoms. The summed E-state index contributed by atoms with van der Waals surface area (Å²) in [5.41, 5.74) is 0. The van der Waals surface area contributed by atoms with Crippen molar-refractivity contribution in [2.45, 2.75) is 277 Å². The first kappa shape index (κ1) is 59.6. The average Bonchev–Trinajstić information content (AvgIpc) is 3.26. The number of ether oxygens (including phenoxy) is 1. The molecule has 6 heteroatoms. The lowest BCUT2D eigenvalue weighted by atomic mass is 10.0. The fourth-order valence-electron chi connectivity index (χ4n) is 7.83. The van der Waals surface area contributed by atoms with Gasteiger partial charge in [-0.2, -0.15) is 0 Å². The van der Waals surface area contributed by atoms with E-state index in [0.717, 1.165) is 103 Å². The van der Waals surface area contributed by atoms with E-state index in [9.17, 15) is 19.8 Å². The van der Waals surface area contributed by atoms with E-state index < -0.39 is 18.2 Å². The van der Waals surface area contributed by atoms with Gasteiger partial charge in [0.2, 0.25) is 5.91 Å². The monoisotopic (exact) mass is 868 g/mol. The molecule has 0 saturated carbocycles. The van der Waals surface area contributed by atoms with Gasteiger partial charge in [0, 0.05) is 6.42 Å². The number of allylic oxidation sites excluding steroid dienone is 10. The van der Waals surface area contributed by atoms with Crippen LogP contribution in [0.5, 0.6) is 0 Å². The van der Waals surface area contributed by atoms with Crippen LogP contribution in [0.4, 0.5) is 0 Å². The van der Waals surface area contributed by atoms with Gasteiger partial charge in [0.15, 0.2) is 0 Å². The zero-order valence-electron chi connectivity index (χ0n) is 41.0. The van der Waals surface area contributed by atoms with Gasteiger partial charge in [-0.25, -0.2) is 0 Å². The van der Waals surface area contributed by atoms with Crippen molar-refractivity contribution in [2.75, 3.05) is 6.61 Å². The highest BCUT2D eigenvalue weighted by Crippen LogP contribution is 2.17. The zero-order chi connectivity index (χ0) is 45.2. The molecule has 3 unspecified atom stereocenters. The smallest absolute Gasteiger partial charge is 0.306 e. The van der Waals surface area contributed by atoms with E-state index in [1.54, 1.807) is 0 Å². The van der Waals surface area contributed by atoms with E-state index >= 15 is 0 Å². The molecule has 1 amide bonds. The van der Waals surface area contributed by atoms with Crippen LogP contribution in [0, 0.1) is 0 Å². The lowest BCUT2D eigenvalue weighted by molar-refractivity contribution is -0.151. The molecule has 0 saturated heterocycles. The van der Waals surface area contributed by atoms with Crippen molar-refractivity contribution in [3.8, 4) is 0 Å². The molecule has 0 rings (SSSR count). The van der Waals surface area contributed by atoms with Crippen LogP contribution in [0.1, 0.15) is 258 Å². The summed E-state index contributed by atoms with van der Waals surface area (Å²) in [7, 11) is 0. The molecule has 0 aliphatic rings. The molecule has 62 heavy (non-hydrogen) atoms. The topological polar surface area (TPSA) is 95.9 Å². The van der Waals surface area contributed by atoms with Gasteiger partial charge >= 0.3 is 5.97 Å². The number of nitrogens with one attached hydrogen (secondary N) is 1. The Morgan fingerprint density at radius 3 is 1.37 bits per heavy atom. The van der Waals surface area contributed by atoms with Gasteiger partial charge in [-0.3, -0.25) is 9.59 Å². The molecular formula is C56H101NO5. The minimum Gasteiger partial charge on any atom is -0.462 e. The van der Waals surface area contributed by atoms with Crippen LogP contribution in [0.3, 0.4) is 0 Å². The predicted molar refractivity (Wildman–Crippen MR) is 268 cm³/mol. The number of rotatable bonds is 47. The highest BCUT2D eigenvalue weighted by molar-refractivity contribution is 5.77. The van der Waals surface area contributed by atoms with E-state index in [2.05, 4.69) is 86.8 Å². The standard InChI is InChI=1S/C56H101NO5/c1-4-7-10-13-16-19-22-24-26-28-29-31-33-36-39-42-45-48-54(59)53(51-58)57-55(60)50-52(47-44-41-38-35-21-18-15-12-9-6-3)62-56(61)49-46-43-40-37-34-32-30-27-25-23-20-17-14-11-8-5-2/h8,11,17-18,20-21,25,27,32,34,52-54,58-59H,4-7,9-10,12-16,19,22-24,26,28-31,33,35-51H2,1-3H3,(H,57,60)/b11-8+,20-17+,21-18-,27-25+,34-32+. The Labute approximate surface area is 384 Å². The van der Waals surface area contributed by atoms with Crippen molar-refractivity contribution in [1.82, 2.24) is 5.32 Å². The number of unbranched alkanes of at least 4 members (excludes halogenated alkanes) is 25. The Balaban J connectivity index is 4.51. The second kappa shape index (κ2) is 49.6. The molecule has 3 atom stereocenters. The molecule has 0 aliphatic carbocycles. The summed E-state index contributed by atoms with van der Waals surface area (Å²) in [6, 6.07) is -0.714. The third-order valence-electron chi connectivity index (χ3n) is 11.8. The molecule has 0 spiro atoms. The summed E-state index contributed by atoms with van der Waals surface area (Å²) in [5, 5.41) is 23.8. The summed E-state index contributed by atoms with van der Waals surface area (Å²) < 4.78 is 5.90. The predicted octanol–water partition coefficient (Wildman–Crippen LogP) is 16.0. The largest absolute Gasteiger partial charge is 0.462 e. The Kier molecular flexibility index (Phi) is 47.6. The molecule has 360 valence electrons. The van der Waals surface area contributed by atoms with Crippen LogP contribution in [0.25, 0.3) is 0 Å². The normalized spacial score (nSPS) is 13.7. The summed E-state index contributed by atoms with van der Waals surface area (Å²) in [5.74, 6) is -0.525. The SMILES string of the molecule is CC/C=C/C/C=C/C/C=C/C/C=C/CCCCCC(=O)OC(CCCCC/C=C\CCCCC)CC(=O)NC(CO)C(O)CCCCCCCCCCCCCCCCCCC. The van der Waals surface area contributed by atoms with Crippen LogP contribution in [0.15, 0.2) is 60.8 Å². The van der Waals surface area contributed by atoms with Crippen LogP contribution in [0.2, 0.25) is 0 Å². The van der Waals surface area contributed by atoms with Gasteiger partial charge in [-0.1, -0.05) is 216 Å². The Morgan fingerprint density at radius 1 is 0.484 bits per heavy atom. The quantitative estimate of drug-likeness (QED) is 0.0322. The minimum absolute atomic E-state index is 0.0528. The summed E-state index contributed by atoms with van der Waals surface area (Å²) in [4.78, 5) is 26.1. The number of carbonyl (C=O) groups is 2. The van der Waals surface area contributed by atoms with Crippen molar-refractivity contribution in [3.05, 3.63) is 60.8 Å². The first-order chi connectivity index (χ1) is 30.5. The van der Waals surface area contributed by atoms with Gasteiger partial charge in [0.05, 0.1) is 25.2 Å². The maximum Gasteiger partial charge on any atom is 0.306 e. The minimum atomic E-state index is -0.798. The second-order valence-electron chi connectivity index (χ2n) is 17.9. The number of aliphatic hydroxyl groups is 2. The zero-order valence-corrected chi connectivity index (χ0v) is 41.0. The lowest BCUT2D eigenvalue weighted by Gasteiger charge is -2.24. The first-order valence-electron chi connectivity index (χ1n) is 26.5. The van der Waals surface area contributed by atoms with E-state index in [0.29, 0.717) is 19.3 Å². The van der Waals surface area contributed by atoms with E-state index in [1.807, 2.05) is 0 Å². The summed E-state index contributed by atoms with van der Waals surface area (Å²) in [6.07, 6.45) is 61.4. The fourth-order valence-corrected chi connectivity index (χ4v) is 7.83.